The third-order valence-electron chi connectivity index (χ3n) is 6.22. The lowest BCUT2D eigenvalue weighted by molar-refractivity contribution is -0.151. The van der Waals surface area contributed by atoms with Gasteiger partial charge in [0.2, 0.25) is 0 Å². The van der Waals surface area contributed by atoms with E-state index in [1.165, 1.54) is 14.2 Å². The van der Waals surface area contributed by atoms with Gasteiger partial charge in [0, 0.05) is 22.9 Å². The zero-order chi connectivity index (χ0) is 25.0. The zero-order valence-electron chi connectivity index (χ0n) is 20.7. The first-order valence-corrected chi connectivity index (χ1v) is 11.6. The van der Waals surface area contributed by atoms with Crippen molar-refractivity contribution < 1.29 is 33.3 Å². The lowest BCUT2D eigenvalue weighted by Crippen LogP contribution is -2.43. The minimum atomic E-state index is -0.941. The fourth-order valence-corrected chi connectivity index (χ4v) is 4.70. The third kappa shape index (κ3) is 4.67. The minimum absolute atomic E-state index is 0.247. The van der Waals surface area contributed by atoms with Crippen molar-refractivity contribution in [2.75, 3.05) is 27.4 Å². The summed E-state index contributed by atoms with van der Waals surface area (Å²) >= 11 is 0. The molecule has 3 atom stereocenters. The average Bonchev–Trinajstić information content (AvgIpc) is 2.81. The van der Waals surface area contributed by atoms with Gasteiger partial charge in [-0.3, -0.25) is 9.59 Å². The molecule has 1 N–H and O–H groups in total. The van der Waals surface area contributed by atoms with Gasteiger partial charge in [0.1, 0.15) is 5.92 Å². The normalized spacial score (nSPS) is 22.1. The van der Waals surface area contributed by atoms with Gasteiger partial charge in [-0.2, -0.15) is 0 Å². The largest absolute Gasteiger partial charge is 0.493 e. The molecular formula is C26H33NO7. The topological polar surface area (TPSA) is 100 Å². The second-order valence-corrected chi connectivity index (χ2v) is 8.51. The van der Waals surface area contributed by atoms with Gasteiger partial charge in [-0.1, -0.05) is 19.9 Å². The van der Waals surface area contributed by atoms with Crippen molar-refractivity contribution in [1.82, 2.24) is 5.32 Å². The van der Waals surface area contributed by atoms with E-state index >= 15 is 0 Å². The van der Waals surface area contributed by atoms with E-state index in [1.807, 2.05) is 26.8 Å². The van der Waals surface area contributed by atoms with Gasteiger partial charge in [-0.25, -0.2) is 4.79 Å². The van der Waals surface area contributed by atoms with Gasteiger partial charge in [-0.05, 0) is 50.3 Å². The number of esters is 2. The van der Waals surface area contributed by atoms with Crippen LogP contribution in [0.15, 0.2) is 40.7 Å². The zero-order valence-corrected chi connectivity index (χ0v) is 20.7. The number of nitrogens with one attached hydrogen (secondary N) is 1. The Morgan fingerprint density at radius 1 is 1.15 bits per heavy atom. The Balaban J connectivity index is 2.19. The van der Waals surface area contributed by atoms with E-state index in [0.29, 0.717) is 59.1 Å². The van der Waals surface area contributed by atoms with Crippen LogP contribution < -0.4 is 14.8 Å². The highest BCUT2D eigenvalue weighted by atomic mass is 16.5. The second kappa shape index (κ2) is 10.8. The van der Waals surface area contributed by atoms with Crippen LogP contribution in [0.3, 0.4) is 0 Å². The summed E-state index contributed by atoms with van der Waals surface area (Å²) in [5, 5.41) is 3.25. The summed E-state index contributed by atoms with van der Waals surface area (Å²) in [6, 6.07) is 5.34. The monoisotopic (exact) mass is 471 g/mol. The molecule has 0 aromatic heterocycles. The maximum Gasteiger partial charge on any atom is 0.336 e. The van der Waals surface area contributed by atoms with Crippen LogP contribution in [0.2, 0.25) is 0 Å². The van der Waals surface area contributed by atoms with Crippen molar-refractivity contribution >= 4 is 17.7 Å². The summed E-state index contributed by atoms with van der Waals surface area (Å²) in [5.41, 5.74) is 2.72. The Bertz CT molecular complexity index is 1040. The number of hydrogen-bond donors (Lipinski definition) is 1. The molecule has 1 heterocycles. The van der Waals surface area contributed by atoms with Gasteiger partial charge in [0.25, 0.3) is 0 Å². The molecule has 0 fully saturated rings. The van der Waals surface area contributed by atoms with Gasteiger partial charge < -0.3 is 24.3 Å². The molecule has 0 amide bonds. The summed E-state index contributed by atoms with van der Waals surface area (Å²) in [7, 11) is 2.81. The van der Waals surface area contributed by atoms with Crippen molar-refractivity contribution in [3.05, 3.63) is 46.3 Å². The van der Waals surface area contributed by atoms with E-state index in [0.717, 1.165) is 0 Å². The Kier molecular flexibility index (Phi) is 8.02. The molecular weight excluding hydrogens is 438 g/mol. The van der Waals surface area contributed by atoms with Crippen LogP contribution in [-0.2, 0) is 23.9 Å². The molecule has 0 unspecified atom stereocenters. The summed E-state index contributed by atoms with van der Waals surface area (Å²) in [5.74, 6) is -2.29. The number of carbonyl (C=O) groups is 3. The first-order valence-electron chi connectivity index (χ1n) is 11.6. The smallest absolute Gasteiger partial charge is 0.336 e. The predicted molar refractivity (Wildman–Crippen MR) is 125 cm³/mol. The second-order valence-electron chi connectivity index (χ2n) is 8.51. The third-order valence-corrected chi connectivity index (χ3v) is 6.22. The van der Waals surface area contributed by atoms with Crippen molar-refractivity contribution in [1.29, 1.82) is 0 Å². The molecule has 0 spiro atoms. The summed E-state index contributed by atoms with van der Waals surface area (Å²) in [6.07, 6.45) is 1.14. The van der Waals surface area contributed by atoms with Gasteiger partial charge in [0.05, 0.1) is 33.0 Å². The van der Waals surface area contributed by atoms with Gasteiger partial charge in [-0.15, -0.1) is 0 Å². The van der Waals surface area contributed by atoms with Crippen LogP contribution in [0.5, 0.6) is 11.5 Å². The number of carbonyl (C=O) groups excluding carboxylic acids is 3. The molecule has 8 heteroatoms. The Morgan fingerprint density at radius 3 is 2.50 bits per heavy atom. The Hall–Kier alpha value is -3.29. The molecule has 2 aliphatic rings. The van der Waals surface area contributed by atoms with Crippen LogP contribution >= 0.6 is 0 Å². The van der Waals surface area contributed by atoms with Gasteiger partial charge in [0.15, 0.2) is 17.3 Å². The molecule has 34 heavy (non-hydrogen) atoms. The van der Waals surface area contributed by atoms with Crippen LogP contribution in [0.4, 0.5) is 0 Å². The van der Waals surface area contributed by atoms with E-state index < -0.39 is 23.8 Å². The summed E-state index contributed by atoms with van der Waals surface area (Å²) in [6.45, 7) is 8.16. The van der Waals surface area contributed by atoms with Crippen molar-refractivity contribution in [3.8, 4) is 11.5 Å². The molecule has 1 aliphatic heterocycles. The summed E-state index contributed by atoms with van der Waals surface area (Å²) in [4.78, 5) is 39.4. The van der Waals surface area contributed by atoms with E-state index in [2.05, 4.69) is 5.32 Å². The fourth-order valence-electron chi connectivity index (χ4n) is 4.70. The lowest BCUT2D eigenvalue weighted by atomic mass is 9.69. The number of methoxy groups -OCH3 is 2. The Morgan fingerprint density at radius 2 is 1.88 bits per heavy atom. The number of Topliss-reactive ketones (excluding diaryl/α,β-unsaturated/α-hetero) is 1. The number of benzene rings is 1. The average molecular weight is 472 g/mol. The summed E-state index contributed by atoms with van der Waals surface area (Å²) < 4.78 is 21.6. The molecule has 0 saturated carbocycles. The molecule has 3 rings (SSSR count). The van der Waals surface area contributed by atoms with Crippen molar-refractivity contribution in [2.24, 2.45) is 11.8 Å². The van der Waals surface area contributed by atoms with Crippen molar-refractivity contribution in [3.63, 3.8) is 0 Å². The molecule has 0 radical (unpaired) electrons. The van der Waals surface area contributed by atoms with Crippen LogP contribution in [0, 0.1) is 11.8 Å². The van der Waals surface area contributed by atoms with Crippen molar-refractivity contribution in [2.45, 2.75) is 46.5 Å². The number of dihydropyridines is 1. The highest BCUT2D eigenvalue weighted by Crippen LogP contribution is 2.46. The standard InChI is InChI=1S/C26H33NO7/c1-7-11-34-26(30)21-15(4)27-17-12-14(3)20(25(29)32-6)24(28)23(17)22(21)16-9-10-18(33-8-2)19(13-16)31-5/h9-10,13-14,20,22,27H,7-8,11-12H2,1-6H3/t14-,20+,22+/m1/s1. The van der Waals surface area contributed by atoms with Gasteiger partial charge >= 0.3 is 11.9 Å². The first-order chi connectivity index (χ1) is 16.3. The minimum Gasteiger partial charge on any atom is -0.493 e. The number of rotatable bonds is 8. The molecule has 184 valence electrons. The fraction of sp³-hybridized carbons (Fsp3) is 0.500. The molecule has 1 aromatic carbocycles. The number of hydrogen-bond acceptors (Lipinski definition) is 8. The highest BCUT2D eigenvalue weighted by Gasteiger charge is 2.47. The van der Waals surface area contributed by atoms with E-state index in [9.17, 15) is 14.4 Å². The lowest BCUT2D eigenvalue weighted by Gasteiger charge is -2.38. The maximum absolute atomic E-state index is 13.7. The highest BCUT2D eigenvalue weighted by molar-refractivity contribution is 6.12. The SMILES string of the molecule is CCCOC(=O)C1=C(C)NC2=C(C(=O)[C@@H](C(=O)OC)[C@H](C)C2)[C@H]1c1ccc(OCC)c(OC)c1. The molecule has 1 aromatic rings. The van der Waals surface area contributed by atoms with Crippen LogP contribution in [0.1, 0.15) is 52.0 Å². The van der Waals surface area contributed by atoms with E-state index in [4.69, 9.17) is 18.9 Å². The molecule has 0 bridgehead atoms. The number of ketones is 1. The van der Waals surface area contributed by atoms with Crippen LogP contribution in [0.25, 0.3) is 0 Å². The Labute approximate surface area is 200 Å². The van der Waals surface area contributed by atoms with E-state index in [-0.39, 0.29) is 18.3 Å². The number of allylic oxidation sites excluding steroid dienone is 3. The maximum atomic E-state index is 13.7. The molecule has 0 saturated heterocycles. The van der Waals surface area contributed by atoms with E-state index in [1.54, 1.807) is 19.1 Å². The first kappa shape index (κ1) is 25.3. The molecule has 1 aliphatic carbocycles. The molecule has 8 nitrogen and oxygen atoms in total. The quantitative estimate of drug-likeness (QED) is 0.453. The number of ether oxygens (including phenoxy) is 4. The van der Waals surface area contributed by atoms with Crippen LogP contribution in [-0.4, -0.2) is 45.2 Å². The predicted octanol–water partition coefficient (Wildman–Crippen LogP) is 3.66.